The monoisotopic (exact) mass is 169 g/mol. The van der Waals surface area contributed by atoms with Crippen LogP contribution in [0, 0.1) is 5.92 Å². The van der Waals surface area contributed by atoms with Crippen LogP contribution in [0.3, 0.4) is 0 Å². The van der Waals surface area contributed by atoms with Crippen LogP contribution in [0.15, 0.2) is 0 Å². The minimum Gasteiger partial charge on any atom is -0.366 e. The Morgan fingerprint density at radius 3 is 3.33 bits per heavy atom. The van der Waals surface area contributed by atoms with E-state index < -0.39 is 0 Å². The average Bonchev–Trinajstić information content (AvgIpc) is 2.06. The molecule has 0 unspecified atom stereocenters. The van der Waals surface area contributed by atoms with Crippen molar-refractivity contribution in [2.75, 3.05) is 19.7 Å². The highest BCUT2D eigenvalue weighted by Crippen LogP contribution is 2.33. The third-order valence-corrected chi connectivity index (χ3v) is 3.05. The minimum absolute atomic E-state index is 0.0772. The van der Waals surface area contributed by atoms with Crippen molar-refractivity contribution in [2.24, 2.45) is 5.92 Å². The molecule has 1 N–H and O–H groups in total. The lowest BCUT2D eigenvalue weighted by atomic mass is 9.78. The Hall–Kier alpha value is -0.410. The molecular weight excluding hydrogens is 154 g/mol. The summed E-state index contributed by atoms with van der Waals surface area (Å²) in [6.07, 6.45) is 1.79. The second-order valence-electron chi connectivity index (χ2n) is 4.01. The van der Waals surface area contributed by atoms with E-state index in [2.05, 4.69) is 12.2 Å². The summed E-state index contributed by atoms with van der Waals surface area (Å²) in [5.41, 5.74) is -0.0772. The van der Waals surface area contributed by atoms with Gasteiger partial charge >= 0.3 is 0 Å². The summed E-state index contributed by atoms with van der Waals surface area (Å²) in [4.78, 5) is 11.1. The van der Waals surface area contributed by atoms with Gasteiger partial charge in [0.25, 0.3) is 0 Å². The largest absolute Gasteiger partial charge is 0.366 e. The fourth-order valence-corrected chi connectivity index (χ4v) is 2.13. The lowest BCUT2D eigenvalue weighted by molar-refractivity contribution is -0.154. The predicted molar refractivity (Wildman–Crippen MR) is 45.0 cm³/mol. The van der Waals surface area contributed by atoms with E-state index in [0.29, 0.717) is 12.5 Å². The number of nitrogens with one attached hydrogen (secondary N) is 1. The lowest BCUT2D eigenvalue weighted by Gasteiger charge is -2.44. The molecule has 0 amide bonds. The van der Waals surface area contributed by atoms with E-state index in [1.165, 1.54) is 0 Å². The van der Waals surface area contributed by atoms with Gasteiger partial charge in [-0.25, -0.2) is 0 Å². The number of fused-ring (bicyclic) bond motifs is 1. The fraction of sp³-hybridized carbons (Fsp3) is 0.889. The van der Waals surface area contributed by atoms with E-state index >= 15 is 0 Å². The van der Waals surface area contributed by atoms with Crippen LogP contribution in [0.1, 0.15) is 19.8 Å². The Balaban J connectivity index is 2.11. The number of Topliss-reactive ketones (excluding diaryl/α,β-unsaturated/α-hetero) is 1. The van der Waals surface area contributed by atoms with E-state index in [4.69, 9.17) is 4.74 Å². The first kappa shape index (κ1) is 8.20. The molecule has 2 rings (SSSR count). The topological polar surface area (TPSA) is 38.3 Å². The number of hydrogen-bond acceptors (Lipinski definition) is 3. The summed E-state index contributed by atoms with van der Waals surface area (Å²) in [5, 5.41) is 3.30. The van der Waals surface area contributed by atoms with Crippen molar-refractivity contribution in [1.29, 1.82) is 0 Å². The molecule has 0 saturated carbocycles. The Bertz CT molecular complexity index is 205. The van der Waals surface area contributed by atoms with Crippen LogP contribution in [-0.2, 0) is 9.53 Å². The molecule has 0 aliphatic carbocycles. The van der Waals surface area contributed by atoms with Crippen LogP contribution in [0.25, 0.3) is 0 Å². The molecule has 2 fully saturated rings. The highest BCUT2D eigenvalue weighted by Gasteiger charge is 2.41. The zero-order chi connectivity index (χ0) is 8.60. The molecule has 12 heavy (non-hydrogen) atoms. The zero-order valence-corrected chi connectivity index (χ0v) is 7.43. The van der Waals surface area contributed by atoms with Gasteiger partial charge in [-0.3, -0.25) is 4.79 Å². The third-order valence-electron chi connectivity index (χ3n) is 3.05. The second-order valence-corrected chi connectivity index (χ2v) is 4.01. The predicted octanol–water partition coefficient (Wildman–Crippen LogP) is 0.344. The highest BCUT2D eigenvalue weighted by molar-refractivity contribution is 5.80. The molecule has 2 aliphatic rings. The Kier molecular flexibility index (Phi) is 1.93. The molecule has 68 valence electrons. The molecule has 0 aromatic rings. The molecule has 0 spiro atoms. The Morgan fingerprint density at radius 2 is 2.50 bits per heavy atom. The fourth-order valence-electron chi connectivity index (χ4n) is 2.13. The van der Waals surface area contributed by atoms with E-state index in [1.807, 2.05) is 0 Å². The smallest absolute Gasteiger partial charge is 0.158 e. The molecular formula is C9H15NO2. The summed E-state index contributed by atoms with van der Waals surface area (Å²) in [7, 11) is 0. The molecule has 0 radical (unpaired) electrons. The van der Waals surface area contributed by atoms with Gasteiger partial charge in [0, 0.05) is 13.0 Å². The van der Waals surface area contributed by atoms with Crippen molar-refractivity contribution in [3.05, 3.63) is 0 Å². The SMILES string of the molecule is C[C@@]12CNCC[C@H]1CC(=O)CO2. The molecule has 2 heterocycles. The molecule has 3 nitrogen and oxygen atoms in total. The van der Waals surface area contributed by atoms with Gasteiger partial charge in [0.05, 0.1) is 5.60 Å². The maximum atomic E-state index is 11.1. The molecule has 0 bridgehead atoms. The second kappa shape index (κ2) is 2.82. The summed E-state index contributed by atoms with van der Waals surface area (Å²) in [6, 6.07) is 0. The molecule has 0 aromatic carbocycles. The summed E-state index contributed by atoms with van der Waals surface area (Å²) >= 11 is 0. The lowest BCUT2D eigenvalue weighted by Crippen LogP contribution is -2.55. The maximum Gasteiger partial charge on any atom is 0.158 e. The average molecular weight is 169 g/mol. The van der Waals surface area contributed by atoms with Gasteiger partial charge in [-0.05, 0) is 25.8 Å². The van der Waals surface area contributed by atoms with E-state index in [-0.39, 0.29) is 11.4 Å². The van der Waals surface area contributed by atoms with Gasteiger partial charge in [0.1, 0.15) is 6.61 Å². The normalized spacial score (nSPS) is 42.4. The molecule has 2 aliphatic heterocycles. The van der Waals surface area contributed by atoms with Gasteiger partial charge in [0.2, 0.25) is 0 Å². The first-order valence-corrected chi connectivity index (χ1v) is 4.57. The van der Waals surface area contributed by atoms with E-state index in [9.17, 15) is 4.79 Å². The number of ether oxygens (including phenoxy) is 1. The van der Waals surface area contributed by atoms with Crippen LogP contribution in [-0.4, -0.2) is 31.1 Å². The molecule has 2 saturated heterocycles. The number of carbonyl (C=O) groups is 1. The number of carbonyl (C=O) groups excluding carboxylic acids is 1. The van der Waals surface area contributed by atoms with Crippen molar-refractivity contribution in [3.63, 3.8) is 0 Å². The van der Waals surface area contributed by atoms with Crippen LogP contribution in [0.2, 0.25) is 0 Å². The van der Waals surface area contributed by atoms with Gasteiger partial charge in [-0.2, -0.15) is 0 Å². The van der Waals surface area contributed by atoms with Crippen LogP contribution in [0.4, 0.5) is 0 Å². The molecule has 3 heteroatoms. The summed E-state index contributed by atoms with van der Waals surface area (Å²) in [6.45, 7) is 4.34. The van der Waals surface area contributed by atoms with Crippen molar-refractivity contribution >= 4 is 5.78 Å². The van der Waals surface area contributed by atoms with Gasteiger partial charge < -0.3 is 10.1 Å². The van der Waals surface area contributed by atoms with E-state index in [1.54, 1.807) is 0 Å². The first-order valence-electron chi connectivity index (χ1n) is 4.57. The minimum atomic E-state index is -0.0772. The number of ketones is 1. The first-order chi connectivity index (χ1) is 5.71. The quantitative estimate of drug-likeness (QED) is 0.568. The van der Waals surface area contributed by atoms with Crippen molar-refractivity contribution in [1.82, 2.24) is 5.32 Å². The molecule has 2 atom stereocenters. The standard InChI is InChI=1S/C9H15NO2/c1-9-6-10-3-2-7(9)4-8(11)5-12-9/h7,10H,2-6H2,1H3/t7-,9+/m0/s1. The van der Waals surface area contributed by atoms with Crippen molar-refractivity contribution in [2.45, 2.75) is 25.4 Å². The Morgan fingerprint density at radius 1 is 1.67 bits per heavy atom. The van der Waals surface area contributed by atoms with Crippen molar-refractivity contribution < 1.29 is 9.53 Å². The van der Waals surface area contributed by atoms with Crippen molar-refractivity contribution in [3.8, 4) is 0 Å². The maximum absolute atomic E-state index is 11.1. The van der Waals surface area contributed by atoms with Gasteiger partial charge in [-0.1, -0.05) is 0 Å². The van der Waals surface area contributed by atoms with Crippen LogP contribution >= 0.6 is 0 Å². The summed E-state index contributed by atoms with van der Waals surface area (Å²) < 4.78 is 5.57. The van der Waals surface area contributed by atoms with Gasteiger partial charge in [0.15, 0.2) is 5.78 Å². The van der Waals surface area contributed by atoms with Gasteiger partial charge in [-0.15, -0.1) is 0 Å². The third kappa shape index (κ3) is 1.27. The number of hydrogen-bond donors (Lipinski definition) is 1. The zero-order valence-electron chi connectivity index (χ0n) is 7.43. The number of rotatable bonds is 0. The number of piperidine rings is 1. The van der Waals surface area contributed by atoms with Crippen LogP contribution < -0.4 is 5.32 Å². The molecule has 0 aromatic heterocycles. The highest BCUT2D eigenvalue weighted by atomic mass is 16.5. The van der Waals surface area contributed by atoms with E-state index in [0.717, 1.165) is 25.9 Å². The Labute approximate surface area is 72.5 Å². The summed E-state index contributed by atoms with van der Waals surface area (Å²) in [5.74, 6) is 0.708. The van der Waals surface area contributed by atoms with Crippen LogP contribution in [0.5, 0.6) is 0 Å².